The largest absolute Gasteiger partial charge is 0.508 e. The van der Waals surface area contributed by atoms with Crippen LogP contribution < -0.4 is 9.47 Å². The molecule has 0 saturated carbocycles. The monoisotopic (exact) mass is 510 g/mol. The second-order valence-corrected chi connectivity index (χ2v) is 9.38. The van der Waals surface area contributed by atoms with Crippen molar-refractivity contribution >= 4 is 11.6 Å². The van der Waals surface area contributed by atoms with Crippen LogP contribution >= 0.6 is 0 Å². The van der Waals surface area contributed by atoms with Crippen LogP contribution in [0.3, 0.4) is 0 Å². The van der Waals surface area contributed by atoms with Crippen molar-refractivity contribution in [2.75, 3.05) is 0 Å². The number of ether oxygens (including phenoxy) is 2. The molecule has 8 heteroatoms. The molecule has 4 aromatic carbocycles. The van der Waals surface area contributed by atoms with Gasteiger partial charge in [-0.1, -0.05) is 24.3 Å². The topological polar surface area (TPSA) is 134 Å². The van der Waals surface area contributed by atoms with E-state index in [1.165, 1.54) is 36.4 Å². The zero-order valence-electron chi connectivity index (χ0n) is 19.9. The Morgan fingerprint density at radius 1 is 0.711 bits per heavy atom. The minimum Gasteiger partial charge on any atom is -0.508 e. The summed E-state index contributed by atoms with van der Waals surface area (Å²) in [5, 5.41) is 39.5. The minimum atomic E-state index is -0.919. The van der Waals surface area contributed by atoms with Crippen LogP contribution in [0.5, 0.6) is 34.5 Å². The Bertz CT molecular complexity index is 1570. The molecule has 4 aromatic rings. The van der Waals surface area contributed by atoms with Gasteiger partial charge in [-0.25, -0.2) is 0 Å². The number of hydrogen-bond donors (Lipinski definition) is 4. The molecule has 2 aliphatic rings. The minimum absolute atomic E-state index is 0.000667. The van der Waals surface area contributed by atoms with Gasteiger partial charge in [0.2, 0.25) is 0 Å². The van der Waals surface area contributed by atoms with E-state index < -0.39 is 23.9 Å². The van der Waals surface area contributed by atoms with Crippen molar-refractivity contribution in [3.05, 3.63) is 107 Å². The van der Waals surface area contributed by atoms with Crippen LogP contribution in [-0.4, -0.2) is 32.0 Å². The lowest BCUT2D eigenvalue weighted by Crippen LogP contribution is -2.21. The van der Waals surface area contributed by atoms with Crippen LogP contribution in [0, 0.1) is 0 Å². The summed E-state index contributed by atoms with van der Waals surface area (Å²) in [6.45, 7) is 0. The van der Waals surface area contributed by atoms with Crippen LogP contribution in [0.15, 0.2) is 78.9 Å². The van der Waals surface area contributed by atoms with Gasteiger partial charge >= 0.3 is 0 Å². The van der Waals surface area contributed by atoms with Crippen LogP contribution in [0.2, 0.25) is 0 Å². The number of carbonyl (C=O) groups is 2. The number of fused-ring (bicyclic) bond motifs is 2. The SMILES string of the molecule is O=C1CC(c2ccc(O)cc2)Oc2cc3c(cc21)[C@H](C(=O)c1ccc(O)cc1O)[C@@H](c1ccc(O)cc1)O3. The number of aromatic hydroxyl groups is 4. The van der Waals surface area contributed by atoms with E-state index in [9.17, 15) is 30.0 Å². The molecule has 0 aliphatic carbocycles. The Balaban J connectivity index is 1.43. The molecule has 190 valence electrons. The number of phenolic OH excluding ortho intramolecular Hbond substituents is 4. The van der Waals surface area contributed by atoms with Gasteiger partial charge in [0.1, 0.15) is 46.7 Å². The Kier molecular flexibility index (Phi) is 5.45. The van der Waals surface area contributed by atoms with Crippen molar-refractivity contribution in [3.63, 3.8) is 0 Å². The molecule has 1 unspecified atom stereocenters. The first-order chi connectivity index (χ1) is 18.3. The molecule has 0 bridgehead atoms. The maximum atomic E-state index is 13.8. The predicted molar refractivity (Wildman–Crippen MR) is 135 cm³/mol. The van der Waals surface area contributed by atoms with Gasteiger partial charge < -0.3 is 29.9 Å². The summed E-state index contributed by atoms with van der Waals surface area (Å²) in [6.07, 6.45) is -1.27. The van der Waals surface area contributed by atoms with E-state index >= 15 is 0 Å². The van der Waals surface area contributed by atoms with Crippen molar-refractivity contribution in [1.29, 1.82) is 0 Å². The number of Topliss-reactive ketones (excluding diaryl/α,β-unsaturated/α-hetero) is 2. The Hall–Kier alpha value is -4.98. The molecule has 6 rings (SSSR count). The van der Waals surface area contributed by atoms with Crippen LogP contribution in [0.4, 0.5) is 0 Å². The fraction of sp³-hybridized carbons (Fsp3) is 0.133. The molecule has 0 spiro atoms. The number of ketones is 2. The first-order valence-corrected chi connectivity index (χ1v) is 12.0. The summed E-state index contributed by atoms with van der Waals surface area (Å²) in [7, 11) is 0. The zero-order valence-corrected chi connectivity index (χ0v) is 19.9. The number of hydrogen-bond acceptors (Lipinski definition) is 8. The van der Waals surface area contributed by atoms with Gasteiger partial charge in [-0.15, -0.1) is 0 Å². The highest BCUT2D eigenvalue weighted by atomic mass is 16.5. The van der Waals surface area contributed by atoms with Crippen molar-refractivity contribution in [1.82, 2.24) is 0 Å². The normalized spacial score (nSPS) is 19.7. The van der Waals surface area contributed by atoms with E-state index in [-0.39, 0.29) is 40.8 Å². The molecule has 0 saturated heterocycles. The van der Waals surface area contributed by atoms with Crippen molar-refractivity contribution in [3.8, 4) is 34.5 Å². The maximum Gasteiger partial charge on any atom is 0.178 e. The Morgan fingerprint density at radius 3 is 2.00 bits per heavy atom. The lowest BCUT2D eigenvalue weighted by Gasteiger charge is -2.26. The molecule has 4 N–H and O–H groups in total. The molecule has 0 radical (unpaired) electrons. The van der Waals surface area contributed by atoms with Gasteiger partial charge in [0.25, 0.3) is 0 Å². The zero-order chi connectivity index (χ0) is 26.6. The second-order valence-electron chi connectivity index (χ2n) is 9.38. The van der Waals surface area contributed by atoms with Gasteiger partial charge in [0.15, 0.2) is 11.6 Å². The number of rotatable bonds is 4. The van der Waals surface area contributed by atoms with Gasteiger partial charge in [-0.2, -0.15) is 0 Å². The summed E-state index contributed by atoms with van der Waals surface area (Å²) in [6, 6.07) is 19.7. The summed E-state index contributed by atoms with van der Waals surface area (Å²) < 4.78 is 12.4. The third-order valence-corrected chi connectivity index (χ3v) is 6.96. The summed E-state index contributed by atoms with van der Waals surface area (Å²) in [5.41, 5.74) is 2.14. The fourth-order valence-corrected chi connectivity index (χ4v) is 5.05. The maximum absolute atomic E-state index is 13.8. The lowest BCUT2D eigenvalue weighted by molar-refractivity contribution is 0.0848. The van der Waals surface area contributed by atoms with Crippen LogP contribution in [-0.2, 0) is 0 Å². The van der Waals surface area contributed by atoms with Crippen molar-refractivity contribution in [2.45, 2.75) is 24.5 Å². The smallest absolute Gasteiger partial charge is 0.178 e. The van der Waals surface area contributed by atoms with E-state index in [2.05, 4.69) is 0 Å². The molecule has 8 nitrogen and oxygen atoms in total. The summed E-state index contributed by atoms with van der Waals surface area (Å²) >= 11 is 0. The molecule has 3 atom stereocenters. The lowest BCUT2D eigenvalue weighted by atomic mass is 9.83. The molecular formula is C30H22O8. The third kappa shape index (κ3) is 3.96. The van der Waals surface area contributed by atoms with E-state index in [4.69, 9.17) is 9.47 Å². The number of carbonyl (C=O) groups excluding carboxylic acids is 2. The van der Waals surface area contributed by atoms with E-state index in [1.54, 1.807) is 36.4 Å². The molecule has 38 heavy (non-hydrogen) atoms. The summed E-state index contributed by atoms with van der Waals surface area (Å²) in [5.74, 6) is -1.25. The predicted octanol–water partition coefficient (Wildman–Crippen LogP) is 5.32. The van der Waals surface area contributed by atoms with E-state index in [1.807, 2.05) is 0 Å². The second kappa shape index (κ2) is 8.85. The molecule has 0 aromatic heterocycles. The quantitative estimate of drug-likeness (QED) is 0.271. The highest BCUT2D eigenvalue weighted by Crippen LogP contribution is 2.52. The fourth-order valence-electron chi connectivity index (χ4n) is 5.05. The first kappa shape index (κ1) is 23.4. The molecule has 0 fully saturated rings. The molecule has 0 amide bonds. The Morgan fingerprint density at radius 2 is 1.34 bits per heavy atom. The van der Waals surface area contributed by atoms with Gasteiger partial charge in [-0.3, -0.25) is 9.59 Å². The summed E-state index contributed by atoms with van der Waals surface area (Å²) in [4.78, 5) is 27.0. The highest BCUT2D eigenvalue weighted by Gasteiger charge is 2.43. The van der Waals surface area contributed by atoms with E-state index in [0.29, 0.717) is 28.2 Å². The number of phenols is 4. The average molecular weight is 510 g/mol. The van der Waals surface area contributed by atoms with Crippen LogP contribution in [0.25, 0.3) is 0 Å². The van der Waals surface area contributed by atoms with Gasteiger partial charge in [0.05, 0.1) is 23.5 Å². The molecule has 2 aliphatic heterocycles. The standard InChI is InChI=1S/C30H22O8/c31-17-5-1-15(2-6-17)25-13-24(35)21-12-22-27(14-26(21)37-25)38-30(16-3-7-18(32)8-4-16)28(22)29(36)20-10-9-19(33)11-23(20)34/h1-12,14,25,28,30-34H,13H2/t25?,28-,30-/m1/s1. The van der Waals surface area contributed by atoms with Gasteiger partial charge in [-0.05, 0) is 53.6 Å². The first-order valence-electron chi connectivity index (χ1n) is 12.0. The van der Waals surface area contributed by atoms with Gasteiger partial charge in [0, 0.05) is 17.7 Å². The number of benzene rings is 4. The van der Waals surface area contributed by atoms with Crippen LogP contribution in [0.1, 0.15) is 62.0 Å². The van der Waals surface area contributed by atoms with Crippen molar-refractivity contribution in [2.24, 2.45) is 0 Å². The average Bonchev–Trinajstić information content (AvgIpc) is 3.26. The van der Waals surface area contributed by atoms with Crippen molar-refractivity contribution < 1.29 is 39.5 Å². The third-order valence-electron chi connectivity index (χ3n) is 6.96. The highest BCUT2D eigenvalue weighted by molar-refractivity contribution is 6.06. The Labute approximate surface area is 217 Å². The molecule has 2 heterocycles. The van der Waals surface area contributed by atoms with E-state index in [0.717, 1.165) is 11.6 Å². The molecular weight excluding hydrogens is 488 g/mol.